The van der Waals surface area contributed by atoms with Crippen LogP contribution in [0.15, 0.2) is 36.7 Å². The molecule has 0 aliphatic rings. The van der Waals surface area contributed by atoms with Crippen molar-refractivity contribution < 1.29 is 14.6 Å². The van der Waals surface area contributed by atoms with Crippen molar-refractivity contribution in [3.63, 3.8) is 0 Å². The molecule has 0 fully saturated rings. The first-order valence-electron chi connectivity index (χ1n) is 8.25. The van der Waals surface area contributed by atoms with Crippen LogP contribution < -0.4 is 0 Å². The minimum absolute atomic E-state index is 0.0707. The van der Waals surface area contributed by atoms with Crippen molar-refractivity contribution in [2.45, 2.75) is 20.3 Å². The van der Waals surface area contributed by atoms with Crippen molar-refractivity contribution in [3.05, 3.63) is 64.6 Å². The number of aromatic hydroxyl groups is 1. The van der Waals surface area contributed by atoms with Crippen LogP contribution in [0, 0.1) is 13.8 Å². The fourth-order valence-corrected chi connectivity index (χ4v) is 2.96. The summed E-state index contributed by atoms with van der Waals surface area (Å²) in [6, 6.07) is 7.24. The Morgan fingerprint density at radius 1 is 1.27 bits per heavy atom. The molecule has 3 aromatic rings. The first kappa shape index (κ1) is 17.7. The van der Waals surface area contributed by atoms with Crippen molar-refractivity contribution >= 4 is 5.97 Å². The number of rotatable bonds is 4. The molecule has 134 valence electrons. The minimum atomic E-state index is -0.552. The summed E-state index contributed by atoms with van der Waals surface area (Å²) in [5.74, 6) is -0.622. The van der Waals surface area contributed by atoms with E-state index in [2.05, 4.69) is 10.1 Å². The van der Waals surface area contributed by atoms with Crippen molar-refractivity contribution in [1.29, 1.82) is 0 Å². The largest absolute Gasteiger partial charge is 0.507 e. The van der Waals surface area contributed by atoms with E-state index < -0.39 is 5.97 Å². The van der Waals surface area contributed by atoms with Crippen LogP contribution >= 0.6 is 0 Å². The number of aryl methyl sites for hydroxylation is 3. The maximum Gasteiger partial charge on any atom is 0.341 e. The van der Waals surface area contributed by atoms with Crippen LogP contribution in [0.5, 0.6) is 5.75 Å². The summed E-state index contributed by atoms with van der Waals surface area (Å²) >= 11 is 0. The zero-order chi connectivity index (χ0) is 18.8. The predicted octanol–water partition coefficient (Wildman–Crippen LogP) is 3.18. The summed E-state index contributed by atoms with van der Waals surface area (Å²) in [4.78, 5) is 16.3. The molecule has 0 radical (unpaired) electrons. The third-order valence-electron chi connectivity index (χ3n) is 4.37. The lowest BCUT2D eigenvalue weighted by atomic mass is 9.98. The lowest BCUT2D eigenvalue weighted by Gasteiger charge is -2.10. The highest BCUT2D eigenvalue weighted by Gasteiger charge is 2.15. The maximum atomic E-state index is 11.8. The highest BCUT2D eigenvalue weighted by Crippen LogP contribution is 2.26. The molecule has 0 aliphatic heterocycles. The second kappa shape index (κ2) is 7.00. The number of esters is 1. The van der Waals surface area contributed by atoms with Gasteiger partial charge in [-0.25, -0.2) is 4.79 Å². The van der Waals surface area contributed by atoms with Gasteiger partial charge in [-0.3, -0.25) is 9.67 Å². The average molecular weight is 351 g/mol. The fourth-order valence-electron chi connectivity index (χ4n) is 2.96. The van der Waals surface area contributed by atoms with Gasteiger partial charge in [-0.15, -0.1) is 0 Å². The van der Waals surface area contributed by atoms with E-state index >= 15 is 0 Å². The number of benzene rings is 1. The van der Waals surface area contributed by atoms with Crippen molar-refractivity contribution in [1.82, 2.24) is 14.8 Å². The van der Waals surface area contributed by atoms with Crippen molar-refractivity contribution in [2.24, 2.45) is 7.05 Å². The number of hydrogen-bond donors (Lipinski definition) is 1. The topological polar surface area (TPSA) is 77.2 Å². The molecule has 1 aromatic carbocycles. The van der Waals surface area contributed by atoms with E-state index in [-0.39, 0.29) is 11.3 Å². The predicted molar refractivity (Wildman–Crippen MR) is 98.2 cm³/mol. The van der Waals surface area contributed by atoms with Gasteiger partial charge in [0, 0.05) is 25.0 Å². The molecule has 0 saturated carbocycles. The summed E-state index contributed by atoms with van der Waals surface area (Å²) in [6.45, 7) is 3.86. The van der Waals surface area contributed by atoms with Crippen LogP contribution in [0.1, 0.15) is 32.7 Å². The van der Waals surface area contributed by atoms with Crippen LogP contribution in [-0.4, -0.2) is 33.0 Å². The molecule has 0 atom stereocenters. The Labute approximate surface area is 152 Å². The van der Waals surface area contributed by atoms with Crippen LogP contribution in [0.4, 0.5) is 0 Å². The summed E-state index contributed by atoms with van der Waals surface area (Å²) in [5, 5.41) is 14.3. The van der Waals surface area contributed by atoms with Crippen LogP contribution in [0.25, 0.3) is 11.3 Å². The van der Waals surface area contributed by atoms with E-state index in [1.54, 1.807) is 16.8 Å². The normalized spacial score (nSPS) is 10.8. The number of carbonyl (C=O) groups is 1. The zero-order valence-corrected chi connectivity index (χ0v) is 15.3. The van der Waals surface area contributed by atoms with E-state index in [1.807, 2.05) is 45.4 Å². The molecule has 0 spiro atoms. The van der Waals surface area contributed by atoms with Gasteiger partial charge in [0.15, 0.2) is 0 Å². The lowest BCUT2D eigenvalue weighted by molar-refractivity contribution is 0.0597. The summed E-state index contributed by atoms with van der Waals surface area (Å²) in [6.07, 6.45) is 4.38. The van der Waals surface area contributed by atoms with Gasteiger partial charge in [-0.05, 0) is 55.2 Å². The van der Waals surface area contributed by atoms with E-state index in [0.717, 1.165) is 33.6 Å². The average Bonchev–Trinajstić information content (AvgIpc) is 2.95. The molecule has 0 bridgehead atoms. The Morgan fingerprint density at radius 2 is 2.04 bits per heavy atom. The first-order valence-corrected chi connectivity index (χ1v) is 8.25. The molecule has 6 nitrogen and oxygen atoms in total. The molecular formula is C20H21N3O3. The Hall–Kier alpha value is -3.15. The molecule has 6 heteroatoms. The number of methoxy groups -OCH3 is 1. The van der Waals surface area contributed by atoms with Gasteiger partial charge >= 0.3 is 5.97 Å². The van der Waals surface area contributed by atoms with Gasteiger partial charge in [-0.1, -0.05) is 6.07 Å². The third-order valence-corrected chi connectivity index (χ3v) is 4.37. The van der Waals surface area contributed by atoms with Crippen LogP contribution in [0.2, 0.25) is 0 Å². The number of aromatic nitrogens is 3. The van der Waals surface area contributed by atoms with Crippen molar-refractivity contribution in [2.75, 3.05) is 7.11 Å². The van der Waals surface area contributed by atoms with Crippen molar-refractivity contribution in [3.8, 4) is 17.0 Å². The van der Waals surface area contributed by atoms with Gasteiger partial charge in [0.25, 0.3) is 0 Å². The number of ether oxygens (including phenoxy) is 1. The Balaban J connectivity index is 1.88. The Bertz CT molecular complexity index is 959. The highest BCUT2D eigenvalue weighted by atomic mass is 16.5. The van der Waals surface area contributed by atoms with Gasteiger partial charge < -0.3 is 9.84 Å². The molecule has 0 amide bonds. The van der Waals surface area contributed by atoms with Crippen LogP contribution in [0.3, 0.4) is 0 Å². The molecule has 2 heterocycles. The van der Waals surface area contributed by atoms with Gasteiger partial charge in [0.1, 0.15) is 11.3 Å². The van der Waals surface area contributed by atoms with E-state index in [0.29, 0.717) is 6.42 Å². The molecule has 0 saturated heterocycles. The van der Waals surface area contributed by atoms with E-state index in [1.165, 1.54) is 7.11 Å². The van der Waals surface area contributed by atoms with E-state index in [9.17, 15) is 9.90 Å². The number of phenolic OH excluding ortho intramolecular Hbond substituents is 1. The zero-order valence-electron chi connectivity index (χ0n) is 15.3. The summed E-state index contributed by atoms with van der Waals surface area (Å²) in [5.41, 5.74) is 5.84. The molecule has 1 N–H and O–H groups in total. The number of nitrogens with zero attached hydrogens (tertiary/aromatic N) is 3. The van der Waals surface area contributed by atoms with Gasteiger partial charge in [0.2, 0.25) is 0 Å². The lowest BCUT2D eigenvalue weighted by Crippen LogP contribution is -2.04. The molecule has 0 aliphatic carbocycles. The Kier molecular flexibility index (Phi) is 4.75. The smallest absolute Gasteiger partial charge is 0.341 e. The summed E-state index contributed by atoms with van der Waals surface area (Å²) < 4.78 is 6.49. The van der Waals surface area contributed by atoms with Gasteiger partial charge in [-0.2, -0.15) is 5.10 Å². The first-order chi connectivity index (χ1) is 12.4. The molecular weight excluding hydrogens is 330 g/mol. The highest BCUT2D eigenvalue weighted by molar-refractivity contribution is 5.92. The fraction of sp³-hybridized carbons (Fsp3) is 0.250. The number of hydrogen-bond acceptors (Lipinski definition) is 5. The monoisotopic (exact) mass is 351 g/mol. The standard InChI is InChI=1S/C20H21N3O3/c1-12-7-19(24)16(20(25)26-4)9-15(12)8-14-5-6-18(21-10-14)17-11-23(3)22-13(17)2/h5-7,9-11,24H,8H2,1-4H3. The molecule has 2 aromatic heterocycles. The maximum absolute atomic E-state index is 11.8. The SMILES string of the molecule is COC(=O)c1cc(Cc2ccc(-c3cn(C)nc3C)nc2)c(C)cc1O. The Morgan fingerprint density at radius 3 is 2.62 bits per heavy atom. The van der Waals surface area contributed by atoms with Gasteiger partial charge in [0.05, 0.1) is 18.5 Å². The second-order valence-corrected chi connectivity index (χ2v) is 6.32. The summed E-state index contributed by atoms with van der Waals surface area (Å²) in [7, 11) is 3.18. The quantitative estimate of drug-likeness (QED) is 0.731. The minimum Gasteiger partial charge on any atom is -0.507 e. The van der Waals surface area contributed by atoms with E-state index in [4.69, 9.17) is 4.74 Å². The number of carbonyl (C=O) groups excluding carboxylic acids is 1. The van der Waals surface area contributed by atoms with Crippen LogP contribution in [-0.2, 0) is 18.2 Å². The second-order valence-electron chi connectivity index (χ2n) is 6.32. The number of pyridine rings is 1. The molecule has 3 rings (SSSR count). The molecule has 0 unspecified atom stereocenters. The molecule has 26 heavy (non-hydrogen) atoms. The third kappa shape index (κ3) is 3.44. The number of phenols is 1.